The molecule has 1 unspecified atom stereocenters. The Morgan fingerprint density at radius 1 is 1.67 bits per heavy atom. The molecule has 0 amide bonds. The molecule has 54 valence electrons. The van der Waals surface area contributed by atoms with Crippen LogP contribution in [0.2, 0.25) is 0 Å². The Bertz CT molecular complexity index is 77.0. The zero-order valence-corrected chi connectivity index (χ0v) is 6.13. The van der Waals surface area contributed by atoms with Crippen LogP contribution in [0.1, 0.15) is 13.3 Å². The number of methoxy groups -OCH3 is 1. The fourth-order valence-electron chi connectivity index (χ4n) is 0.612. The summed E-state index contributed by atoms with van der Waals surface area (Å²) in [5.74, 6) is 0. The first-order valence-corrected chi connectivity index (χ1v) is 3.24. The van der Waals surface area contributed by atoms with Gasteiger partial charge in [0, 0.05) is 13.7 Å². The average molecular weight is 129 g/mol. The Kier molecular flexibility index (Phi) is 5.57. The van der Waals surface area contributed by atoms with E-state index in [2.05, 4.69) is 6.92 Å². The van der Waals surface area contributed by atoms with Crippen LogP contribution in [0, 0.1) is 0 Å². The molecule has 9 heavy (non-hydrogen) atoms. The molecule has 0 aliphatic rings. The van der Waals surface area contributed by atoms with Gasteiger partial charge in [-0.2, -0.15) is 0 Å². The maximum absolute atomic E-state index is 5.24. The van der Waals surface area contributed by atoms with Crippen LogP contribution < -0.4 is 5.73 Å². The maximum atomic E-state index is 5.24. The fraction of sp³-hybridized carbons (Fsp3) is 0.714. The standard InChI is InChI=1S/C7H15NO/c1-3-7(9-2)5-4-6-8/h4-5,7H,3,6,8H2,1-2H3/b5-4+. The quantitative estimate of drug-likeness (QED) is 0.573. The zero-order valence-electron chi connectivity index (χ0n) is 6.13. The van der Waals surface area contributed by atoms with E-state index >= 15 is 0 Å². The van der Waals surface area contributed by atoms with Crippen LogP contribution in [-0.4, -0.2) is 19.8 Å². The lowest BCUT2D eigenvalue weighted by Gasteiger charge is -2.05. The molecule has 2 heteroatoms. The van der Waals surface area contributed by atoms with E-state index in [9.17, 15) is 0 Å². The molecule has 1 atom stereocenters. The van der Waals surface area contributed by atoms with E-state index in [1.807, 2.05) is 12.2 Å². The van der Waals surface area contributed by atoms with Gasteiger partial charge in [0.2, 0.25) is 0 Å². The predicted molar refractivity (Wildman–Crippen MR) is 39.3 cm³/mol. The van der Waals surface area contributed by atoms with Crippen molar-refractivity contribution in [1.82, 2.24) is 0 Å². The lowest BCUT2D eigenvalue weighted by Crippen LogP contribution is -2.05. The lowest BCUT2D eigenvalue weighted by atomic mass is 10.2. The molecular formula is C7H15NO. The van der Waals surface area contributed by atoms with Crippen LogP contribution in [-0.2, 0) is 4.74 Å². The highest BCUT2D eigenvalue weighted by Gasteiger charge is 1.94. The van der Waals surface area contributed by atoms with Gasteiger partial charge < -0.3 is 10.5 Å². The molecule has 0 saturated carbocycles. The van der Waals surface area contributed by atoms with E-state index in [-0.39, 0.29) is 6.10 Å². The topological polar surface area (TPSA) is 35.2 Å². The number of ether oxygens (including phenoxy) is 1. The predicted octanol–water partition coefficient (Wildman–Crippen LogP) is 0.926. The molecule has 0 spiro atoms. The van der Waals surface area contributed by atoms with Crippen LogP contribution >= 0.6 is 0 Å². The second kappa shape index (κ2) is 5.79. The van der Waals surface area contributed by atoms with E-state index < -0.39 is 0 Å². The zero-order chi connectivity index (χ0) is 7.11. The third-order valence-corrected chi connectivity index (χ3v) is 1.19. The molecule has 2 nitrogen and oxygen atoms in total. The Labute approximate surface area is 56.7 Å². The van der Waals surface area contributed by atoms with Crippen LogP contribution in [0.5, 0.6) is 0 Å². The summed E-state index contributed by atoms with van der Waals surface area (Å²) in [5.41, 5.74) is 5.24. The van der Waals surface area contributed by atoms with Crippen LogP contribution in [0.25, 0.3) is 0 Å². The Balaban J connectivity index is 3.41. The Hall–Kier alpha value is -0.340. The molecule has 0 heterocycles. The summed E-state index contributed by atoms with van der Waals surface area (Å²) >= 11 is 0. The summed E-state index contributed by atoms with van der Waals surface area (Å²) in [5, 5.41) is 0. The van der Waals surface area contributed by atoms with Crippen LogP contribution in [0.4, 0.5) is 0 Å². The third kappa shape index (κ3) is 4.18. The van der Waals surface area contributed by atoms with Crippen molar-refractivity contribution < 1.29 is 4.74 Å². The number of hydrogen-bond acceptors (Lipinski definition) is 2. The molecule has 0 aromatic heterocycles. The van der Waals surface area contributed by atoms with Gasteiger partial charge in [0.15, 0.2) is 0 Å². The smallest absolute Gasteiger partial charge is 0.0749 e. The number of nitrogens with two attached hydrogens (primary N) is 1. The molecule has 0 bridgehead atoms. The molecule has 0 fully saturated rings. The monoisotopic (exact) mass is 129 g/mol. The fourth-order valence-corrected chi connectivity index (χ4v) is 0.612. The van der Waals surface area contributed by atoms with Gasteiger partial charge in [-0.05, 0) is 6.42 Å². The summed E-state index contributed by atoms with van der Waals surface area (Å²) in [7, 11) is 1.70. The van der Waals surface area contributed by atoms with Crippen molar-refractivity contribution in [3.63, 3.8) is 0 Å². The van der Waals surface area contributed by atoms with Crippen molar-refractivity contribution >= 4 is 0 Å². The largest absolute Gasteiger partial charge is 0.377 e. The molecule has 0 aliphatic carbocycles. The third-order valence-electron chi connectivity index (χ3n) is 1.19. The molecule has 0 radical (unpaired) electrons. The van der Waals surface area contributed by atoms with Crippen LogP contribution in [0.3, 0.4) is 0 Å². The van der Waals surface area contributed by atoms with Crippen molar-refractivity contribution in [1.29, 1.82) is 0 Å². The average Bonchev–Trinajstić information content (AvgIpc) is 1.91. The van der Waals surface area contributed by atoms with Gasteiger partial charge in [0.25, 0.3) is 0 Å². The molecule has 0 aromatic carbocycles. The van der Waals surface area contributed by atoms with E-state index in [1.54, 1.807) is 7.11 Å². The van der Waals surface area contributed by atoms with Crippen molar-refractivity contribution in [3.8, 4) is 0 Å². The first-order chi connectivity index (χ1) is 4.35. The van der Waals surface area contributed by atoms with Gasteiger partial charge in [0.1, 0.15) is 0 Å². The number of rotatable bonds is 4. The number of hydrogen-bond donors (Lipinski definition) is 1. The van der Waals surface area contributed by atoms with E-state index in [4.69, 9.17) is 10.5 Å². The van der Waals surface area contributed by atoms with Gasteiger partial charge >= 0.3 is 0 Å². The Morgan fingerprint density at radius 2 is 2.33 bits per heavy atom. The van der Waals surface area contributed by atoms with Gasteiger partial charge in [-0.25, -0.2) is 0 Å². The highest BCUT2D eigenvalue weighted by Crippen LogP contribution is 1.96. The van der Waals surface area contributed by atoms with Gasteiger partial charge in [-0.1, -0.05) is 19.1 Å². The normalized spacial score (nSPS) is 14.6. The lowest BCUT2D eigenvalue weighted by molar-refractivity contribution is 0.138. The first kappa shape index (κ1) is 8.66. The molecule has 0 aliphatic heterocycles. The van der Waals surface area contributed by atoms with E-state index in [0.717, 1.165) is 6.42 Å². The summed E-state index contributed by atoms with van der Waals surface area (Å²) in [6, 6.07) is 0. The minimum absolute atomic E-state index is 0.244. The van der Waals surface area contributed by atoms with Crippen molar-refractivity contribution in [2.75, 3.05) is 13.7 Å². The summed E-state index contributed by atoms with van der Waals surface area (Å²) in [6.07, 6.45) is 5.15. The second-order valence-corrected chi connectivity index (χ2v) is 1.85. The minimum Gasteiger partial charge on any atom is -0.377 e. The minimum atomic E-state index is 0.244. The van der Waals surface area contributed by atoms with E-state index in [0.29, 0.717) is 6.54 Å². The molecule has 0 saturated heterocycles. The van der Waals surface area contributed by atoms with Crippen LogP contribution in [0.15, 0.2) is 12.2 Å². The molecule has 2 N–H and O–H groups in total. The highest BCUT2D eigenvalue weighted by atomic mass is 16.5. The van der Waals surface area contributed by atoms with Gasteiger partial charge in [-0.15, -0.1) is 0 Å². The highest BCUT2D eigenvalue weighted by molar-refractivity contribution is 4.89. The molecular weight excluding hydrogens is 114 g/mol. The van der Waals surface area contributed by atoms with Crippen molar-refractivity contribution in [2.24, 2.45) is 5.73 Å². The summed E-state index contributed by atoms with van der Waals surface area (Å²) in [6.45, 7) is 2.68. The van der Waals surface area contributed by atoms with E-state index in [1.165, 1.54) is 0 Å². The Morgan fingerprint density at radius 3 is 2.67 bits per heavy atom. The van der Waals surface area contributed by atoms with Gasteiger partial charge in [-0.3, -0.25) is 0 Å². The summed E-state index contributed by atoms with van der Waals surface area (Å²) in [4.78, 5) is 0. The molecule has 0 rings (SSSR count). The van der Waals surface area contributed by atoms with Gasteiger partial charge in [0.05, 0.1) is 6.10 Å². The SMILES string of the molecule is CCC(/C=C/CN)OC. The maximum Gasteiger partial charge on any atom is 0.0749 e. The van der Waals surface area contributed by atoms with Crippen molar-refractivity contribution in [2.45, 2.75) is 19.4 Å². The second-order valence-electron chi connectivity index (χ2n) is 1.85. The first-order valence-electron chi connectivity index (χ1n) is 3.24. The van der Waals surface area contributed by atoms with Crippen molar-refractivity contribution in [3.05, 3.63) is 12.2 Å². The summed E-state index contributed by atoms with van der Waals surface area (Å²) < 4.78 is 5.06. The molecule has 0 aromatic rings.